The zero-order valence-corrected chi connectivity index (χ0v) is 9.90. The zero-order chi connectivity index (χ0) is 11.8. The summed E-state index contributed by atoms with van der Waals surface area (Å²) in [6, 6.07) is 9.65. The first-order valence-corrected chi connectivity index (χ1v) is 5.60. The van der Waals surface area contributed by atoms with E-state index >= 15 is 0 Å². The maximum Gasteiger partial charge on any atom is 0.228 e. The molecular formula is C13H9ClN2O. The van der Waals surface area contributed by atoms with Gasteiger partial charge in [-0.15, -0.1) is 0 Å². The van der Waals surface area contributed by atoms with Gasteiger partial charge >= 0.3 is 0 Å². The second-order valence-corrected chi connectivity index (χ2v) is 4.24. The number of fused-ring (bicyclic) bond motifs is 1. The maximum absolute atomic E-state index is 6.01. The predicted molar refractivity (Wildman–Crippen MR) is 67.0 cm³/mol. The lowest BCUT2D eigenvalue weighted by Crippen LogP contribution is -1.78. The highest BCUT2D eigenvalue weighted by atomic mass is 35.5. The molecule has 0 radical (unpaired) electrons. The molecule has 0 spiro atoms. The van der Waals surface area contributed by atoms with Gasteiger partial charge < -0.3 is 4.42 Å². The summed E-state index contributed by atoms with van der Waals surface area (Å²) in [7, 11) is 0. The molecule has 0 amide bonds. The molecule has 84 valence electrons. The molecule has 3 aromatic rings. The standard InChI is InChI=1S/C13H9ClN2O/c1-8-2-4-9(5-3-8)13-16-12-11(17-13)10(14)6-7-15-12/h2-7H,1H3. The van der Waals surface area contributed by atoms with Gasteiger partial charge in [0.1, 0.15) is 0 Å². The molecule has 0 atom stereocenters. The number of aromatic nitrogens is 2. The van der Waals surface area contributed by atoms with Crippen LogP contribution in [0, 0.1) is 6.92 Å². The number of hydrogen-bond donors (Lipinski definition) is 0. The normalized spacial score (nSPS) is 10.9. The Bertz CT molecular complexity index is 673. The van der Waals surface area contributed by atoms with Crippen LogP contribution in [0.1, 0.15) is 5.56 Å². The predicted octanol–water partition coefficient (Wildman–Crippen LogP) is 3.85. The number of aryl methyl sites for hydroxylation is 1. The lowest BCUT2D eigenvalue weighted by atomic mass is 10.1. The Morgan fingerprint density at radius 1 is 1.12 bits per heavy atom. The summed E-state index contributed by atoms with van der Waals surface area (Å²) in [6.07, 6.45) is 1.62. The Morgan fingerprint density at radius 3 is 2.59 bits per heavy atom. The number of pyridine rings is 1. The van der Waals surface area contributed by atoms with Crippen molar-refractivity contribution in [2.45, 2.75) is 6.92 Å². The maximum atomic E-state index is 6.01. The molecule has 0 bridgehead atoms. The van der Waals surface area contributed by atoms with Crippen LogP contribution >= 0.6 is 11.6 Å². The fourth-order valence-electron chi connectivity index (χ4n) is 1.62. The number of oxazole rings is 1. The number of benzene rings is 1. The molecule has 17 heavy (non-hydrogen) atoms. The van der Waals surface area contributed by atoms with Gasteiger partial charge in [0.05, 0.1) is 5.02 Å². The van der Waals surface area contributed by atoms with Gasteiger partial charge in [0.25, 0.3) is 0 Å². The Balaban J connectivity index is 2.18. The topological polar surface area (TPSA) is 38.9 Å². The fraction of sp³-hybridized carbons (Fsp3) is 0.0769. The van der Waals surface area contributed by atoms with E-state index in [4.69, 9.17) is 16.0 Å². The summed E-state index contributed by atoms with van der Waals surface area (Å²) in [6.45, 7) is 2.04. The molecule has 0 aliphatic rings. The minimum absolute atomic E-state index is 0.529. The third kappa shape index (κ3) is 1.78. The smallest absolute Gasteiger partial charge is 0.228 e. The monoisotopic (exact) mass is 244 g/mol. The lowest BCUT2D eigenvalue weighted by molar-refractivity contribution is 0.620. The van der Waals surface area contributed by atoms with Gasteiger partial charge in [-0.3, -0.25) is 0 Å². The van der Waals surface area contributed by atoms with Crippen molar-refractivity contribution in [3.8, 4) is 11.5 Å². The van der Waals surface area contributed by atoms with E-state index in [0.717, 1.165) is 5.56 Å². The molecule has 3 nitrogen and oxygen atoms in total. The van der Waals surface area contributed by atoms with E-state index in [1.54, 1.807) is 12.3 Å². The highest BCUT2D eigenvalue weighted by Gasteiger charge is 2.11. The van der Waals surface area contributed by atoms with Crippen molar-refractivity contribution in [2.24, 2.45) is 0 Å². The van der Waals surface area contributed by atoms with Gasteiger partial charge in [-0.25, -0.2) is 4.98 Å². The molecule has 0 saturated heterocycles. The molecule has 4 heteroatoms. The molecule has 1 aromatic carbocycles. The van der Waals surface area contributed by atoms with Crippen molar-refractivity contribution in [1.29, 1.82) is 0 Å². The fourth-order valence-corrected chi connectivity index (χ4v) is 1.80. The third-order valence-electron chi connectivity index (χ3n) is 2.54. The van der Waals surface area contributed by atoms with Crippen LogP contribution in [-0.2, 0) is 0 Å². The second-order valence-electron chi connectivity index (χ2n) is 3.83. The van der Waals surface area contributed by atoms with E-state index in [1.165, 1.54) is 5.56 Å². The van der Waals surface area contributed by atoms with E-state index in [2.05, 4.69) is 9.97 Å². The van der Waals surface area contributed by atoms with E-state index in [0.29, 0.717) is 22.1 Å². The first-order valence-electron chi connectivity index (χ1n) is 5.22. The largest absolute Gasteiger partial charge is 0.433 e. The van der Waals surface area contributed by atoms with Crippen LogP contribution in [0.2, 0.25) is 5.02 Å². The Morgan fingerprint density at radius 2 is 1.88 bits per heavy atom. The zero-order valence-electron chi connectivity index (χ0n) is 9.14. The Labute approximate surface area is 103 Å². The summed E-state index contributed by atoms with van der Waals surface area (Å²) < 4.78 is 5.62. The summed E-state index contributed by atoms with van der Waals surface area (Å²) in [5.74, 6) is 0.542. The van der Waals surface area contributed by atoms with Crippen LogP contribution in [0.25, 0.3) is 22.7 Å². The molecule has 2 heterocycles. The minimum Gasteiger partial charge on any atom is -0.433 e. The molecule has 0 aliphatic heterocycles. The van der Waals surface area contributed by atoms with Gasteiger partial charge in [-0.1, -0.05) is 29.3 Å². The van der Waals surface area contributed by atoms with Crippen LogP contribution in [0.3, 0.4) is 0 Å². The van der Waals surface area contributed by atoms with Crippen molar-refractivity contribution < 1.29 is 4.42 Å². The van der Waals surface area contributed by atoms with E-state index < -0.39 is 0 Å². The average molecular weight is 245 g/mol. The number of hydrogen-bond acceptors (Lipinski definition) is 3. The van der Waals surface area contributed by atoms with Crippen LogP contribution in [0.4, 0.5) is 0 Å². The quantitative estimate of drug-likeness (QED) is 0.653. The molecular weight excluding hydrogens is 236 g/mol. The molecule has 0 fully saturated rings. The molecule has 0 saturated carbocycles. The van der Waals surface area contributed by atoms with E-state index in [9.17, 15) is 0 Å². The first kappa shape index (κ1) is 10.3. The van der Waals surface area contributed by atoms with Gasteiger partial charge in [0.2, 0.25) is 11.5 Å². The molecule has 0 aliphatic carbocycles. The van der Waals surface area contributed by atoms with Gasteiger partial charge in [-0.05, 0) is 25.1 Å². The minimum atomic E-state index is 0.529. The highest BCUT2D eigenvalue weighted by molar-refractivity contribution is 6.34. The molecule has 2 aromatic heterocycles. The van der Waals surface area contributed by atoms with Gasteiger partial charge in [0, 0.05) is 11.8 Å². The average Bonchev–Trinajstić information content (AvgIpc) is 2.75. The summed E-state index contributed by atoms with van der Waals surface area (Å²) in [4.78, 5) is 8.43. The summed E-state index contributed by atoms with van der Waals surface area (Å²) in [5.41, 5.74) is 3.18. The van der Waals surface area contributed by atoms with Crippen molar-refractivity contribution >= 4 is 22.8 Å². The first-order chi connectivity index (χ1) is 8.24. The number of nitrogens with zero attached hydrogens (tertiary/aromatic N) is 2. The van der Waals surface area contributed by atoms with E-state index in [1.807, 2.05) is 31.2 Å². The van der Waals surface area contributed by atoms with Crippen molar-refractivity contribution in [3.05, 3.63) is 47.1 Å². The van der Waals surface area contributed by atoms with Gasteiger partial charge in [0.15, 0.2) is 5.58 Å². The SMILES string of the molecule is Cc1ccc(-c2nc3nccc(Cl)c3o2)cc1. The van der Waals surface area contributed by atoms with Crippen LogP contribution in [-0.4, -0.2) is 9.97 Å². The number of rotatable bonds is 1. The van der Waals surface area contributed by atoms with E-state index in [-0.39, 0.29) is 0 Å². The highest BCUT2D eigenvalue weighted by Crippen LogP contribution is 2.27. The third-order valence-corrected chi connectivity index (χ3v) is 2.84. The Hall–Kier alpha value is -1.87. The summed E-state index contributed by atoms with van der Waals surface area (Å²) in [5, 5.41) is 0.529. The number of halogens is 1. The van der Waals surface area contributed by atoms with Crippen LogP contribution < -0.4 is 0 Å². The van der Waals surface area contributed by atoms with Crippen LogP contribution in [0.15, 0.2) is 40.9 Å². The van der Waals surface area contributed by atoms with Crippen molar-refractivity contribution in [2.75, 3.05) is 0 Å². The molecule has 0 N–H and O–H groups in total. The second kappa shape index (κ2) is 3.86. The molecule has 0 unspecified atom stereocenters. The Kier molecular flexibility index (Phi) is 2.34. The van der Waals surface area contributed by atoms with Crippen LogP contribution in [0.5, 0.6) is 0 Å². The lowest BCUT2D eigenvalue weighted by Gasteiger charge is -1.95. The summed E-state index contributed by atoms with van der Waals surface area (Å²) >= 11 is 6.01. The molecule has 3 rings (SSSR count). The van der Waals surface area contributed by atoms with Crippen molar-refractivity contribution in [1.82, 2.24) is 9.97 Å². The van der Waals surface area contributed by atoms with Crippen molar-refractivity contribution in [3.63, 3.8) is 0 Å². The van der Waals surface area contributed by atoms with Gasteiger partial charge in [-0.2, -0.15) is 4.98 Å².